The van der Waals surface area contributed by atoms with Gasteiger partial charge in [-0.25, -0.2) is 9.67 Å². The summed E-state index contributed by atoms with van der Waals surface area (Å²) < 4.78 is 1.76. The number of amidine groups is 1. The number of nitrogens with two attached hydrogens (primary N) is 1. The molecule has 2 aromatic rings. The van der Waals surface area contributed by atoms with Crippen LogP contribution in [0, 0.1) is 33.1 Å². The fourth-order valence-corrected chi connectivity index (χ4v) is 1.84. The molecule has 2 aromatic heterocycles. The van der Waals surface area contributed by atoms with Gasteiger partial charge >= 0.3 is 0 Å². The van der Waals surface area contributed by atoms with Crippen molar-refractivity contribution in [3.05, 3.63) is 40.3 Å². The van der Waals surface area contributed by atoms with Gasteiger partial charge in [0.25, 0.3) is 0 Å². The molecule has 5 heteroatoms. The van der Waals surface area contributed by atoms with E-state index in [1.165, 1.54) is 0 Å². The number of aromatic nitrogens is 3. The van der Waals surface area contributed by atoms with Crippen LogP contribution in [-0.2, 0) is 0 Å². The van der Waals surface area contributed by atoms with Crippen LogP contribution in [0.2, 0.25) is 0 Å². The second-order valence-corrected chi connectivity index (χ2v) is 4.45. The van der Waals surface area contributed by atoms with Crippen molar-refractivity contribution in [1.29, 1.82) is 5.41 Å². The summed E-state index contributed by atoms with van der Waals surface area (Å²) in [5.74, 6) is 0.624. The van der Waals surface area contributed by atoms with Gasteiger partial charge in [-0.2, -0.15) is 5.10 Å². The molecule has 3 N–H and O–H groups in total. The molecule has 0 saturated heterocycles. The van der Waals surface area contributed by atoms with Crippen LogP contribution < -0.4 is 5.73 Å². The number of hydrogen-bond donors (Lipinski definition) is 2. The third kappa shape index (κ3) is 1.88. The van der Waals surface area contributed by atoms with E-state index in [4.69, 9.17) is 11.1 Å². The lowest BCUT2D eigenvalue weighted by atomic mass is 10.2. The molecular weight excluding hydrogens is 226 g/mol. The van der Waals surface area contributed by atoms with Crippen molar-refractivity contribution in [3.8, 4) is 5.82 Å². The van der Waals surface area contributed by atoms with Gasteiger partial charge in [-0.15, -0.1) is 0 Å². The number of nitrogens with zero attached hydrogens (tertiary/aromatic N) is 3. The Morgan fingerprint density at radius 1 is 1.22 bits per heavy atom. The van der Waals surface area contributed by atoms with Crippen LogP contribution in [0.15, 0.2) is 12.1 Å². The molecule has 0 atom stereocenters. The predicted molar refractivity (Wildman–Crippen MR) is 71.3 cm³/mol. The number of aryl methyl sites for hydroxylation is 2. The average molecular weight is 243 g/mol. The van der Waals surface area contributed by atoms with Crippen molar-refractivity contribution >= 4 is 5.84 Å². The molecule has 0 aromatic carbocycles. The third-order valence-corrected chi connectivity index (χ3v) is 3.16. The first-order valence-corrected chi connectivity index (χ1v) is 5.77. The lowest BCUT2D eigenvalue weighted by Gasteiger charge is -2.10. The minimum atomic E-state index is 0.00251. The Hall–Kier alpha value is -2.17. The molecule has 0 fully saturated rings. The molecule has 18 heavy (non-hydrogen) atoms. The monoisotopic (exact) mass is 243 g/mol. The summed E-state index contributed by atoms with van der Waals surface area (Å²) in [5, 5.41) is 12.1. The van der Waals surface area contributed by atoms with Crippen LogP contribution in [0.4, 0.5) is 0 Å². The van der Waals surface area contributed by atoms with Gasteiger partial charge in [-0.1, -0.05) is 0 Å². The highest BCUT2D eigenvalue weighted by atomic mass is 15.3. The zero-order chi connectivity index (χ0) is 13.4. The lowest BCUT2D eigenvalue weighted by molar-refractivity contribution is 0.798. The Labute approximate surface area is 106 Å². The normalized spacial score (nSPS) is 10.7. The summed E-state index contributed by atoms with van der Waals surface area (Å²) in [6, 6.07) is 3.66. The van der Waals surface area contributed by atoms with E-state index < -0.39 is 0 Å². The second kappa shape index (κ2) is 4.25. The topological polar surface area (TPSA) is 80.6 Å². The summed E-state index contributed by atoms with van der Waals surface area (Å²) in [7, 11) is 0. The van der Waals surface area contributed by atoms with Crippen LogP contribution in [0.3, 0.4) is 0 Å². The smallest absolute Gasteiger partial charge is 0.164 e. The number of hydrogen-bond acceptors (Lipinski definition) is 3. The minimum Gasteiger partial charge on any atom is -0.384 e. The van der Waals surface area contributed by atoms with Gasteiger partial charge in [-0.3, -0.25) is 5.41 Å². The molecule has 0 radical (unpaired) electrons. The minimum absolute atomic E-state index is 0.00251. The van der Waals surface area contributed by atoms with Gasteiger partial charge < -0.3 is 5.73 Å². The Morgan fingerprint density at radius 3 is 2.39 bits per heavy atom. The summed E-state index contributed by atoms with van der Waals surface area (Å²) >= 11 is 0. The Kier molecular flexibility index (Phi) is 2.90. The summed E-state index contributed by atoms with van der Waals surface area (Å²) in [6.45, 7) is 7.88. The number of rotatable bonds is 2. The zero-order valence-corrected chi connectivity index (χ0v) is 11.1. The van der Waals surface area contributed by atoms with Crippen LogP contribution >= 0.6 is 0 Å². The molecule has 0 spiro atoms. The van der Waals surface area contributed by atoms with Gasteiger partial charge in [0.1, 0.15) is 5.84 Å². The van der Waals surface area contributed by atoms with Gasteiger partial charge in [0.05, 0.1) is 11.3 Å². The van der Waals surface area contributed by atoms with Gasteiger partial charge in [0, 0.05) is 11.4 Å². The van der Waals surface area contributed by atoms with Crippen molar-refractivity contribution in [2.45, 2.75) is 27.7 Å². The van der Waals surface area contributed by atoms with Crippen molar-refractivity contribution in [1.82, 2.24) is 14.8 Å². The van der Waals surface area contributed by atoms with Crippen molar-refractivity contribution in [3.63, 3.8) is 0 Å². The van der Waals surface area contributed by atoms with Crippen molar-refractivity contribution < 1.29 is 0 Å². The first-order chi connectivity index (χ1) is 8.41. The van der Waals surface area contributed by atoms with E-state index in [0.717, 1.165) is 22.6 Å². The molecule has 5 nitrogen and oxygen atoms in total. The van der Waals surface area contributed by atoms with Crippen LogP contribution in [0.25, 0.3) is 5.82 Å². The molecular formula is C13H17N5. The molecule has 0 amide bonds. The maximum Gasteiger partial charge on any atom is 0.164 e. The second-order valence-electron chi connectivity index (χ2n) is 4.45. The molecule has 0 saturated carbocycles. The largest absolute Gasteiger partial charge is 0.384 e. The molecule has 2 rings (SSSR count). The lowest BCUT2D eigenvalue weighted by Crippen LogP contribution is -2.17. The Morgan fingerprint density at radius 2 is 1.89 bits per heavy atom. The first-order valence-electron chi connectivity index (χ1n) is 5.77. The van der Waals surface area contributed by atoms with Gasteiger partial charge in [-0.05, 0) is 45.4 Å². The highest BCUT2D eigenvalue weighted by Gasteiger charge is 2.15. The molecule has 0 bridgehead atoms. The van der Waals surface area contributed by atoms with E-state index in [9.17, 15) is 0 Å². The zero-order valence-electron chi connectivity index (χ0n) is 11.1. The Balaban J connectivity index is 2.73. The van der Waals surface area contributed by atoms with Gasteiger partial charge in [0.15, 0.2) is 5.82 Å². The van der Waals surface area contributed by atoms with E-state index in [1.807, 2.05) is 39.8 Å². The summed E-state index contributed by atoms with van der Waals surface area (Å²) in [4.78, 5) is 4.46. The van der Waals surface area contributed by atoms with E-state index in [-0.39, 0.29) is 5.84 Å². The van der Waals surface area contributed by atoms with Crippen LogP contribution in [0.1, 0.15) is 28.2 Å². The summed E-state index contributed by atoms with van der Waals surface area (Å²) in [5.41, 5.74) is 10.2. The summed E-state index contributed by atoms with van der Waals surface area (Å²) in [6.07, 6.45) is 0. The van der Waals surface area contributed by atoms with Gasteiger partial charge in [0.2, 0.25) is 0 Å². The standard InChI is InChI=1S/C13H17N5/c1-7-5-6-11(12(14)15)13(16-7)18-10(4)8(2)9(3)17-18/h5-6H,1-4H3,(H3,14,15). The van der Waals surface area contributed by atoms with E-state index in [1.54, 1.807) is 4.68 Å². The fraction of sp³-hybridized carbons (Fsp3) is 0.308. The number of nitrogen functional groups attached to an aromatic ring is 1. The van der Waals surface area contributed by atoms with E-state index >= 15 is 0 Å². The quantitative estimate of drug-likeness (QED) is 0.623. The SMILES string of the molecule is Cc1ccc(C(=N)N)c(-n2nc(C)c(C)c2C)n1. The molecule has 94 valence electrons. The van der Waals surface area contributed by atoms with Crippen molar-refractivity contribution in [2.24, 2.45) is 5.73 Å². The Bertz CT molecular complexity index is 625. The highest BCUT2D eigenvalue weighted by molar-refractivity contribution is 5.97. The third-order valence-electron chi connectivity index (χ3n) is 3.16. The van der Waals surface area contributed by atoms with Crippen LogP contribution in [0.5, 0.6) is 0 Å². The number of nitrogens with one attached hydrogen (secondary N) is 1. The fourth-order valence-electron chi connectivity index (χ4n) is 1.84. The number of pyridine rings is 1. The molecule has 0 aliphatic rings. The first kappa shape index (κ1) is 12.3. The molecule has 0 aliphatic heterocycles. The van der Waals surface area contributed by atoms with Crippen molar-refractivity contribution in [2.75, 3.05) is 0 Å². The maximum absolute atomic E-state index is 7.62. The van der Waals surface area contributed by atoms with E-state index in [0.29, 0.717) is 11.4 Å². The van der Waals surface area contributed by atoms with E-state index in [2.05, 4.69) is 10.1 Å². The predicted octanol–water partition coefficient (Wildman–Crippen LogP) is 1.79. The highest BCUT2D eigenvalue weighted by Crippen LogP contribution is 2.18. The molecule has 0 aliphatic carbocycles. The molecule has 2 heterocycles. The van der Waals surface area contributed by atoms with Crippen LogP contribution in [-0.4, -0.2) is 20.6 Å². The maximum atomic E-state index is 7.62. The molecule has 0 unspecified atom stereocenters. The average Bonchev–Trinajstić information content (AvgIpc) is 2.56.